The van der Waals surface area contributed by atoms with Crippen LogP contribution in [-0.4, -0.2) is 71.8 Å². The van der Waals surface area contributed by atoms with Crippen molar-refractivity contribution in [3.63, 3.8) is 0 Å². The number of ether oxygens (including phenoxy) is 2. The molecule has 2 aliphatic heterocycles. The summed E-state index contributed by atoms with van der Waals surface area (Å²) in [5.74, 6) is 1.15. The molecule has 1 N–H and O–H groups in total. The number of benzene rings is 1. The quantitative estimate of drug-likeness (QED) is 0.511. The summed E-state index contributed by atoms with van der Waals surface area (Å²) in [5.41, 5.74) is 4.58. The molecule has 3 aromatic rings. The number of carbonyl (C=O) groups is 2. The van der Waals surface area contributed by atoms with Crippen LogP contribution in [0.2, 0.25) is 0 Å². The molecule has 6 rings (SSSR count). The fourth-order valence-electron chi connectivity index (χ4n) is 6.34. The topological polar surface area (TPSA) is 85.7 Å². The van der Waals surface area contributed by atoms with Gasteiger partial charge in [-0.15, -0.1) is 0 Å². The van der Waals surface area contributed by atoms with E-state index in [1.54, 1.807) is 6.20 Å². The van der Waals surface area contributed by atoms with Gasteiger partial charge >= 0.3 is 0 Å². The van der Waals surface area contributed by atoms with E-state index in [0.717, 1.165) is 74.9 Å². The molecule has 1 aliphatic carbocycles. The van der Waals surface area contributed by atoms with Gasteiger partial charge in [-0.25, -0.2) is 0 Å². The molecule has 2 amide bonds. The van der Waals surface area contributed by atoms with Crippen LogP contribution in [0.3, 0.4) is 0 Å². The van der Waals surface area contributed by atoms with E-state index in [9.17, 15) is 9.59 Å². The number of morpholine rings is 1. The Morgan fingerprint density at radius 3 is 2.36 bits per heavy atom. The van der Waals surface area contributed by atoms with Gasteiger partial charge in [0.05, 0.1) is 24.3 Å². The van der Waals surface area contributed by atoms with E-state index < -0.39 is 0 Å². The maximum atomic E-state index is 13.3. The third-order valence-corrected chi connectivity index (χ3v) is 8.67. The van der Waals surface area contributed by atoms with Crippen LogP contribution in [0.25, 0.3) is 11.0 Å². The monoisotopic (exact) mass is 530 g/mol. The van der Waals surface area contributed by atoms with Crippen LogP contribution >= 0.6 is 0 Å². The first kappa shape index (κ1) is 26.0. The zero-order chi connectivity index (χ0) is 26.6. The first-order valence-corrected chi connectivity index (χ1v) is 14.4. The molecule has 3 aliphatic rings. The molecule has 8 nitrogen and oxygen atoms in total. The van der Waals surface area contributed by atoms with Crippen molar-refractivity contribution < 1.29 is 19.1 Å². The Bertz CT molecular complexity index is 1280. The maximum absolute atomic E-state index is 13.3. The average molecular weight is 531 g/mol. The summed E-state index contributed by atoms with van der Waals surface area (Å²) in [6, 6.07) is 12.5. The van der Waals surface area contributed by atoms with Crippen molar-refractivity contribution in [1.29, 1.82) is 0 Å². The number of nitrogens with one attached hydrogen (secondary N) is 1. The Balaban J connectivity index is 1.06. The molecule has 2 aromatic heterocycles. The number of nitrogens with zero attached hydrogens (tertiary/aromatic N) is 3. The van der Waals surface area contributed by atoms with E-state index >= 15 is 0 Å². The van der Waals surface area contributed by atoms with Crippen molar-refractivity contribution in [3.05, 3.63) is 65.5 Å². The molecule has 206 valence electrons. The maximum Gasteiger partial charge on any atom is 0.257 e. The Hall–Kier alpha value is -3.23. The smallest absolute Gasteiger partial charge is 0.257 e. The largest absolute Gasteiger partial charge is 0.381 e. The van der Waals surface area contributed by atoms with Gasteiger partial charge in [0.25, 0.3) is 11.8 Å². The Labute approximate surface area is 229 Å². The molecular weight excluding hydrogens is 492 g/mol. The van der Waals surface area contributed by atoms with Crippen LogP contribution in [0, 0.1) is 5.92 Å². The normalized spacial score (nSPS) is 22.6. The first-order valence-electron chi connectivity index (χ1n) is 14.4. The predicted octanol–water partition coefficient (Wildman–Crippen LogP) is 4.39. The molecule has 2 saturated heterocycles. The minimum Gasteiger partial charge on any atom is -0.381 e. The van der Waals surface area contributed by atoms with Crippen LogP contribution in [0.15, 0.2) is 48.8 Å². The zero-order valence-corrected chi connectivity index (χ0v) is 22.5. The molecule has 39 heavy (non-hydrogen) atoms. The average Bonchev–Trinajstić information content (AvgIpc) is 3.36. The predicted molar refractivity (Wildman–Crippen MR) is 149 cm³/mol. The summed E-state index contributed by atoms with van der Waals surface area (Å²) in [6.07, 6.45) is 10.1. The zero-order valence-electron chi connectivity index (χ0n) is 22.5. The fraction of sp³-hybridized carbons (Fsp3) is 0.516. The second-order valence-electron chi connectivity index (χ2n) is 11.2. The Morgan fingerprint density at radius 1 is 0.897 bits per heavy atom. The highest BCUT2D eigenvalue weighted by Gasteiger charge is 2.27. The summed E-state index contributed by atoms with van der Waals surface area (Å²) >= 11 is 0. The molecule has 0 atom stereocenters. The molecule has 0 unspecified atom stereocenters. The van der Waals surface area contributed by atoms with E-state index in [1.165, 1.54) is 5.56 Å². The molecule has 0 radical (unpaired) electrons. The van der Waals surface area contributed by atoms with Crippen LogP contribution in [0.1, 0.15) is 70.7 Å². The summed E-state index contributed by atoms with van der Waals surface area (Å²) in [6.45, 7) is 4.78. The SMILES string of the molecule is O=C(NC1CCOCC1)c1ccc(C2CCC(Cn3cc(C(=O)N4CCOCC4)c4ncccc43)CC2)cc1. The van der Waals surface area contributed by atoms with Gasteiger partial charge in [0.1, 0.15) is 5.52 Å². The highest BCUT2D eigenvalue weighted by atomic mass is 16.5. The molecule has 1 aromatic carbocycles. The second-order valence-corrected chi connectivity index (χ2v) is 11.2. The number of hydrogen-bond acceptors (Lipinski definition) is 5. The van der Waals surface area contributed by atoms with E-state index in [0.29, 0.717) is 43.7 Å². The molecule has 1 saturated carbocycles. The van der Waals surface area contributed by atoms with E-state index in [1.807, 2.05) is 29.3 Å². The first-order chi connectivity index (χ1) is 19.2. The lowest BCUT2D eigenvalue weighted by Gasteiger charge is -2.29. The van der Waals surface area contributed by atoms with Crippen molar-refractivity contribution >= 4 is 22.8 Å². The third-order valence-electron chi connectivity index (χ3n) is 8.67. The van der Waals surface area contributed by atoms with Gasteiger partial charge in [0, 0.05) is 56.8 Å². The number of fused-ring (bicyclic) bond motifs is 1. The van der Waals surface area contributed by atoms with E-state index in [-0.39, 0.29) is 17.9 Å². The lowest BCUT2D eigenvalue weighted by Crippen LogP contribution is -2.40. The molecule has 8 heteroatoms. The highest BCUT2D eigenvalue weighted by Crippen LogP contribution is 2.37. The van der Waals surface area contributed by atoms with E-state index in [2.05, 4.69) is 33.1 Å². The summed E-state index contributed by atoms with van der Waals surface area (Å²) in [5, 5.41) is 3.15. The van der Waals surface area contributed by atoms with Crippen LogP contribution in [0.5, 0.6) is 0 Å². The van der Waals surface area contributed by atoms with Crippen molar-refractivity contribution in [2.24, 2.45) is 5.92 Å². The van der Waals surface area contributed by atoms with Gasteiger partial charge in [-0.05, 0) is 80.2 Å². The number of carbonyl (C=O) groups excluding carboxylic acids is 2. The molecule has 4 heterocycles. The standard InChI is InChI=1S/C31H38N4O4/c36-30(33-26-11-16-38-17-12-26)25-9-7-24(8-10-25)23-5-3-22(4-6-23)20-35-21-27(29-28(35)2-1-13-32-29)31(37)34-14-18-39-19-15-34/h1-2,7-10,13,21-23,26H,3-6,11-12,14-20H2,(H,33,36). The van der Waals surface area contributed by atoms with Gasteiger partial charge in [-0.2, -0.15) is 0 Å². The number of amides is 2. The van der Waals surface area contributed by atoms with Crippen molar-refractivity contribution in [2.75, 3.05) is 39.5 Å². The number of hydrogen-bond donors (Lipinski definition) is 1. The Kier molecular flexibility index (Phi) is 7.93. The van der Waals surface area contributed by atoms with Crippen LogP contribution in [-0.2, 0) is 16.0 Å². The van der Waals surface area contributed by atoms with Gasteiger partial charge in [0.15, 0.2) is 0 Å². The fourth-order valence-corrected chi connectivity index (χ4v) is 6.34. The van der Waals surface area contributed by atoms with Gasteiger partial charge < -0.3 is 24.3 Å². The van der Waals surface area contributed by atoms with Crippen LogP contribution in [0.4, 0.5) is 0 Å². The molecule has 0 spiro atoms. The van der Waals surface area contributed by atoms with Gasteiger partial charge in [0.2, 0.25) is 0 Å². The van der Waals surface area contributed by atoms with Gasteiger partial charge in [-0.3, -0.25) is 14.6 Å². The van der Waals surface area contributed by atoms with E-state index in [4.69, 9.17) is 9.47 Å². The van der Waals surface area contributed by atoms with Crippen molar-refractivity contribution in [3.8, 4) is 0 Å². The molecule has 0 bridgehead atoms. The molecular formula is C31H38N4O4. The number of pyridine rings is 1. The minimum atomic E-state index is 0.0112. The lowest BCUT2D eigenvalue weighted by atomic mass is 9.78. The second kappa shape index (κ2) is 11.9. The van der Waals surface area contributed by atoms with Crippen LogP contribution < -0.4 is 5.32 Å². The molecule has 3 fully saturated rings. The number of rotatable bonds is 6. The third kappa shape index (κ3) is 5.87. The highest BCUT2D eigenvalue weighted by molar-refractivity contribution is 6.05. The van der Waals surface area contributed by atoms with Crippen molar-refractivity contribution in [2.45, 2.75) is 57.0 Å². The Morgan fingerprint density at radius 2 is 1.62 bits per heavy atom. The summed E-state index contributed by atoms with van der Waals surface area (Å²) in [7, 11) is 0. The minimum absolute atomic E-state index is 0.0112. The lowest BCUT2D eigenvalue weighted by molar-refractivity contribution is 0.0304. The summed E-state index contributed by atoms with van der Waals surface area (Å²) in [4.78, 5) is 32.4. The van der Waals surface area contributed by atoms with Gasteiger partial charge in [-0.1, -0.05) is 12.1 Å². The summed E-state index contributed by atoms with van der Waals surface area (Å²) < 4.78 is 13.1. The number of aromatic nitrogens is 2. The van der Waals surface area contributed by atoms with Crippen molar-refractivity contribution in [1.82, 2.24) is 19.8 Å².